The normalized spacial score (nSPS) is 12.2. The van der Waals surface area contributed by atoms with Gasteiger partial charge in [-0.3, -0.25) is 0 Å². The molecule has 0 spiro atoms. The quantitative estimate of drug-likeness (QED) is 0.895. The zero-order chi connectivity index (χ0) is 12.6. The summed E-state index contributed by atoms with van der Waals surface area (Å²) in [5.41, 5.74) is 1.62. The maximum Gasteiger partial charge on any atom is 0.260 e. The van der Waals surface area contributed by atoms with E-state index in [2.05, 4.69) is 9.71 Å². The van der Waals surface area contributed by atoms with Crippen molar-refractivity contribution in [1.82, 2.24) is 14.1 Å². The molecule has 0 radical (unpaired) electrons. The number of hydrogen-bond acceptors (Lipinski definition) is 3. The van der Waals surface area contributed by atoms with E-state index >= 15 is 0 Å². The lowest BCUT2D eigenvalue weighted by Crippen LogP contribution is -2.23. The Balaban J connectivity index is 2.74. The fourth-order valence-electron chi connectivity index (χ4n) is 1.77. The molecule has 1 N–H and O–H groups in total. The molecule has 0 aliphatic carbocycles. The van der Waals surface area contributed by atoms with Crippen molar-refractivity contribution in [2.45, 2.75) is 25.8 Å². The third-order valence-electron chi connectivity index (χ3n) is 2.53. The van der Waals surface area contributed by atoms with Crippen molar-refractivity contribution in [3.8, 4) is 0 Å². The second kappa shape index (κ2) is 4.12. The lowest BCUT2D eigenvalue weighted by Gasteiger charge is -2.02. The largest absolute Gasteiger partial charge is 0.303 e. The minimum Gasteiger partial charge on any atom is -0.303 e. The van der Waals surface area contributed by atoms with Crippen LogP contribution >= 0.6 is 0 Å². The third-order valence-corrected chi connectivity index (χ3v) is 4.01. The Morgan fingerprint density at radius 2 is 2.12 bits per heavy atom. The third kappa shape index (κ3) is 2.05. The van der Waals surface area contributed by atoms with Crippen LogP contribution in [0.2, 0.25) is 0 Å². The molecule has 0 aliphatic rings. The van der Waals surface area contributed by atoms with E-state index in [9.17, 15) is 8.42 Å². The molecule has 2 aromatic rings. The number of aryl methyl sites for hydroxylation is 2. The lowest BCUT2D eigenvalue weighted by atomic mass is 10.3. The predicted molar refractivity (Wildman–Crippen MR) is 65.5 cm³/mol. The fourth-order valence-corrected chi connectivity index (χ4v) is 2.97. The van der Waals surface area contributed by atoms with Crippen molar-refractivity contribution in [2.75, 3.05) is 6.54 Å². The zero-order valence-electron chi connectivity index (χ0n) is 10.1. The highest BCUT2D eigenvalue weighted by atomic mass is 32.2. The maximum absolute atomic E-state index is 12.0. The number of aromatic nitrogens is 2. The molecule has 0 aromatic carbocycles. The highest BCUT2D eigenvalue weighted by Gasteiger charge is 2.21. The standard InChI is InChI=1S/C11H15N3O2S/c1-4-12-17(15,16)11-10-7-8(2)5-6-14(10)9(3)13-11/h5-7,12H,4H2,1-3H3. The maximum atomic E-state index is 12.0. The van der Waals surface area contributed by atoms with Crippen LogP contribution in [0.15, 0.2) is 23.4 Å². The van der Waals surface area contributed by atoms with Gasteiger partial charge in [0, 0.05) is 12.7 Å². The van der Waals surface area contributed by atoms with Gasteiger partial charge in [-0.1, -0.05) is 6.92 Å². The van der Waals surface area contributed by atoms with Gasteiger partial charge < -0.3 is 4.40 Å². The highest BCUT2D eigenvalue weighted by Crippen LogP contribution is 2.18. The van der Waals surface area contributed by atoms with Crippen LogP contribution in [0.5, 0.6) is 0 Å². The summed E-state index contributed by atoms with van der Waals surface area (Å²) in [6.45, 7) is 5.80. The van der Waals surface area contributed by atoms with Crippen molar-refractivity contribution in [3.05, 3.63) is 29.7 Å². The van der Waals surface area contributed by atoms with E-state index in [0.29, 0.717) is 17.9 Å². The molecule has 2 rings (SSSR count). The van der Waals surface area contributed by atoms with Crippen LogP contribution in [0.25, 0.3) is 5.52 Å². The average Bonchev–Trinajstić information content (AvgIpc) is 2.56. The Kier molecular flexibility index (Phi) is 2.92. The van der Waals surface area contributed by atoms with Crippen LogP contribution in [-0.4, -0.2) is 24.3 Å². The highest BCUT2D eigenvalue weighted by molar-refractivity contribution is 7.89. The SMILES string of the molecule is CCNS(=O)(=O)c1nc(C)n2ccc(C)cc12. The minimum atomic E-state index is -3.51. The number of rotatable bonds is 3. The summed E-state index contributed by atoms with van der Waals surface area (Å²) in [6.07, 6.45) is 1.83. The summed E-state index contributed by atoms with van der Waals surface area (Å²) < 4.78 is 28.2. The first-order valence-corrected chi connectivity index (χ1v) is 6.89. The van der Waals surface area contributed by atoms with Crippen molar-refractivity contribution in [2.24, 2.45) is 0 Å². The summed E-state index contributed by atoms with van der Waals surface area (Å²) in [6, 6.07) is 3.75. The first-order chi connectivity index (χ1) is 7.95. The molecule has 0 saturated heterocycles. The summed E-state index contributed by atoms with van der Waals surface area (Å²) in [7, 11) is -3.51. The molecule has 0 aliphatic heterocycles. The molecule has 0 unspecified atom stereocenters. The molecule has 0 bridgehead atoms. The van der Waals surface area contributed by atoms with Gasteiger partial charge in [0.15, 0.2) is 5.03 Å². The van der Waals surface area contributed by atoms with Crippen molar-refractivity contribution in [3.63, 3.8) is 0 Å². The number of pyridine rings is 1. The predicted octanol–water partition coefficient (Wildman–Crippen LogP) is 1.25. The Morgan fingerprint density at radius 3 is 2.76 bits per heavy atom. The second-order valence-electron chi connectivity index (χ2n) is 3.92. The molecule has 0 saturated carbocycles. The van der Waals surface area contributed by atoms with E-state index in [1.807, 2.05) is 25.3 Å². The van der Waals surface area contributed by atoms with Crippen LogP contribution in [0.4, 0.5) is 0 Å². The molecule has 2 heterocycles. The lowest BCUT2D eigenvalue weighted by molar-refractivity contribution is 0.581. The van der Waals surface area contributed by atoms with Gasteiger partial charge >= 0.3 is 0 Å². The Morgan fingerprint density at radius 1 is 1.41 bits per heavy atom. The van der Waals surface area contributed by atoms with E-state index < -0.39 is 10.0 Å². The second-order valence-corrected chi connectivity index (χ2v) is 5.61. The number of sulfonamides is 1. The van der Waals surface area contributed by atoms with Gasteiger partial charge in [0.2, 0.25) is 0 Å². The summed E-state index contributed by atoms with van der Waals surface area (Å²) in [4.78, 5) is 4.13. The van der Waals surface area contributed by atoms with E-state index in [4.69, 9.17) is 0 Å². The van der Waals surface area contributed by atoms with E-state index in [1.54, 1.807) is 18.2 Å². The Hall–Kier alpha value is -1.40. The summed E-state index contributed by atoms with van der Waals surface area (Å²) in [5.74, 6) is 0.663. The molecule has 0 amide bonds. The summed E-state index contributed by atoms with van der Waals surface area (Å²) in [5, 5.41) is 0.0977. The molecule has 6 heteroatoms. The molecule has 2 aromatic heterocycles. The van der Waals surface area contributed by atoms with Crippen LogP contribution in [-0.2, 0) is 10.0 Å². The first-order valence-electron chi connectivity index (χ1n) is 5.40. The van der Waals surface area contributed by atoms with Crippen molar-refractivity contribution in [1.29, 1.82) is 0 Å². The smallest absolute Gasteiger partial charge is 0.260 e. The van der Waals surface area contributed by atoms with E-state index in [0.717, 1.165) is 5.56 Å². The number of nitrogens with zero attached hydrogens (tertiary/aromatic N) is 2. The molecule has 92 valence electrons. The van der Waals surface area contributed by atoms with E-state index in [1.165, 1.54) is 0 Å². The minimum absolute atomic E-state index is 0.0977. The van der Waals surface area contributed by atoms with Gasteiger partial charge in [-0.25, -0.2) is 18.1 Å². The molecule has 0 atom stereocenters. The molecule has 17 heavy (non-hydrogen) atoms. The van der Waals surface area contributed by atoms with Crippen molar-refractivity contribution >= 4 is 15.5 Å². The van der Waals surface area contributed by atoms with Gasteiger partial charge in [0.1, 0.15) is 5.82 Å². The van der Waals surface area contributed by atoms with Gasteiger partial charge in [-0.05, 0) is 31.5 Å². The molecule has 0 fully saturated rings. The zero-order valence-corrected chi connectivity index (χ0v) is 10.9. The number of nitrogens with one attached hydrogen (secondary N) is 1. The number of imidazole rings is 1. The fraction of sp³-hybridized carbons (Fsp3) is 0.364. The topological polar surface area (TPSA) is 63.5 Å². The Bertz CT molecular complexity index is 659. The first kappa shape index (κ1) is 12.1. The van der Waals surface area contributed by atoms with Crippen LogP contribution in [0, 0.1) is 13.8 Å². The Labute approximate surface area is 101 Å². The summed E-state index contributed by atoms with van der Waals surface area (Å²) >= 11 is 0. The number of hydrogen-bond donors (Lipinski definition) is 1. The molecular weight excluding hydrogens is 238 g/mol. The monoisotopic (exact) mass is 253 g/mol. The van der Waals surface area contributed by atoms with Gasteiger partial charge in [0.25, 0.3) is 10.0 Å². The van der Waals surface area contributed by atoms with Crippen LogP contribution < -0.4 is 4.72 Å². The van der Waals surface area contributed by atoms with E-state index in [-0.39, 0.29) is 5.03 Å². The van der Waals surface area contributed by atoms with Gasteiger partial charge in [-0.15, -0.1) is 0 Å². The number of fused-ring (bicyclic) bond motifs is 1. The van der Waals surface area contributed by atoms with Crippen molar-refractivity contribution < 1.29 is 8.42 Å². The molecular formula is C11H15N3O2S. The molecule has 5 nitrogen and oxygen atoms in total. The van der Waals surface area contributed by atoms with Crippen LogP contribution in [0.1, 0.15) is 18.3 Å². The van der Waals surface area contributed by atoms with Crippen LogP contribution in [0.3, 0.4) is 0 Å². The average molecular weight is 253 g/mol. The van der Waals surface area contributed by atoms with Gasteiger partial charge in [-0.2, -0.15) is 0 Å². The van der Waals surface area contributed by atoms with Gasteiger partial charge in [0.05, 0.1) is 5.52 Å².